The molecular weight excluding hydrogens is 466 g/mol. The summed E-state index contributed by atoms with van der Waals surface area (Å²) in [4.78, 5) is 13.7. The number of aromatic nitrogens is 3. The van der Waals surface area contributed by atoms with Gasteiger partial charge < -0.3 is 5.32 Å². The van der Waals surface area contributed by atoms with Crippen molar-refractivity contribution < 1.29 is 13.2 Å². The van der Waals surface area contributed by atoms with E-state index < -0.39 is 15.3 Å². The molecule has 0 aliphatic rings. The summed E-state index contributed by atoms with van der Waals surface area (Å²) < 4.78 is 24.7. The minimum absolute atomic E-state index is 0.0185. The summed E-state index contributed by atoms with van der Waals surface area (Å²) in [6.45, 7) is 1.77. The van der Waals surface area contributed by atoms with Crippen molar-refractivity contribution in [1.82, 2.24) is 14.8 Å². The number of carbonyl (C=O) groups excluding carboxylic acids is 1. The number of thiophene rings is 1. The Bertz CT molecular complexity index is 1320. The van der Waals surface area contributed by atoms with E-state index in [1.54, 1.807) is 18.3 Å². The molecule has 0 aliphatic heterocycles. The van der Waals surface area contributed by atoms with Crippen LogP contribution in [0, 0.1) is 0 Å². The third kappa shape index (κ3) is 4.91. The summed E-state index contributed by atoms with van der Waals surface area (Å²) in [6, 6.07) is 19.3. The second-order valence-electron chi connectivity index (χ2n) is 6.77. The average Bonchev–Trinajstić information content (AvgIpc) is 3.44. The van der Waals surface area contributed by atoms with E-state index >= 15 is 0 Å². The molecule has 1 unspecified atom stereocenters. The molecule has 2 aromatic carbocycles. The molecule has 0 spiro atoms. The molecule has 8 nitrogen and oxygen atoms in total. The number of nitrogens with one attached hydrogen (secondary N) is 1. The highest BCUT2D eigenvalue weighted by Gasteiger charge is 2.22. The first-order chi connectivity index (χ1) is 15.3. The standard InChI is InChI=1S/C21H19N5O3S3/c1-14(20(27)23-15-9-11-17(12-10-15)32(22,28)29)31-21-25-24-19(18-8-5-13-30-18)26(21)16-6-3-2-4-7-16/h2-14H,1H3,(H,23,27)(H2,22,28,29). The van der Waals surface area contributed by atoms with E-state index in [2.05, 4.69) is 15.5 Å². The third-order valence-corrected chi connectivity index (χ3v) is 7.33. The van der Waals surface area contributed by atoms with Crippen molar-refractivity contribution in [3.63, 3.8) is 0 Å². The molecule has 0 saturated heterocycles. The lowest BCUT2D eigenvalue weighted by molar-refractivity contribution is -0.115. The molecule has 2 heterocycles. The van der Waals surface area contributed by atoms with Crippen LogP contribution in [0.1, 0.15) is 6.92 Å². The summed E-state index contributed by atoms with van der Waals surface area (Å²) in [6.07, 6.45) is 0. The number of para-hydroxylation sites is 1. The normalized spacial score (nSPS) is 12.4. The van der Waals surface area contributed by atoms with Gasteiger partial charge in [-0.25, -0.2) is 13.6 Å². The molecule has 0 aliphatic carbocycles. The molecule has 0 saturated carbocycles. The topological polar surface area (TPSA) is 120 Å². The molecule has 3 N–H and O–H groups in total. The van der Waals surface area contributed by atoms with Crippen molar-refractivity contribution in [3.8, 4) is 16.4 Å². The van der Waals surface area contributed by atoms with Crippen LogP contribution in [0.5, 0.6) is 0 Å². The number of rotatable bonds is 7. The van der Waals surface area contributed by atoms with Gasteiger partial charge in [0, 0.05) is 11.4 Å². The van der Waals surface area contributed by atoms with Crippen molar-refractivity contribution in [2.75, 3.05) is 5.32 Å². The number of benzene rings is 2. The SMILES string of the molecule is CC(Sc1nnc(-c2cccs2)n1-c1ccccc1)C(=O)Nc1ccc(S(N)(=O)=O)cc1. The van der Waals surface area contributed by atoms with Gasteiger partial charge in [-0.1, -0.05) is 36.0 Å². The number of anilines is 1. The molecule has 2 aromatic heterocycles. The number of nitrogens with two attached hydrogens (primary N) is 1. The zero-order chi connectivity index (χ0) is 22.7. The Morgan fingerprint density at radius 1 is 1.06 bits per heavy atom. The van der Waals surface area contributed by atoms with Crippen molar-refractivity contribution in [1.29, 1.82) is 0 Å². The molecule has 0 radical (unpaired) electrons. The predicted molar refractivity (Wildman–Crippen MR) is 126 cm³/mol. The number of hydrogen-bond donors (Lipinski definition) is 2. The van der Waals surface area contributed by atoms with Crippen molar-refractivity contribution >= 4 is 44.7 Å². The van der Waals surface area contributed by atoms with Crippen LogP contribution in [0.15, 0.2) is 82.2 Å². The van der Waals surface area contributed by atoms with Crippen LogP contribution in [0.2, 0.25) is 0 Å². The number of primary sulfonamides is 1. The maximum atomic E-state index is 12.8. The Kier molecular flexibility index (Phi) is 6.42. The van der Waals surface area contributed by atoms with Gasteiger partial charge in [0.1, 0.15) is 0 Å². The third-order valence-electron chi connectivity index (χ3n) is 4.49. The average molecular weight is 486 g/mol. The van der Waals surface area contributed by atoms with E-state index in [0.29, 0.717) is 16.7 Å². The van der Waals surface area contributed by atoms with Gasteiger partial charge in [-0.2, -0.15) is 0 Å². The summed E-state index contributed by atoms with van der Waals surface area (Å²) in [5.74, 6) is 0.457. The first kappa shape index (κ1) is 22.2. The van der Waals surface area contributed by atoms with E-state index in [1.165, 1.54) is 36.0 Å². The Morgan fingerprint density at radius 3 is 2.41 bits per heavy atom. The van der Waals surface area contributed by atoms with Crippen LogP contribution in [0.3, 0.4) is 0 Å². The second-order valence-corrected chi connectivity index (χ2v) is 10.6. The first-order valence-corrected chi connectivity index (χ1v) is 12.8. The van der Waals surface area contributed by atoms with Crippen molar-refractivity contribution in [3.05, 3.63) is 72.1 Å². The van der Waals surface area contributed by atoms with Crippen molar-refractivity contribution in [2.45, 2.75) is 22.2 Å². The van der Waals surface area contributed by atoms with Gasteiger partial charge >= 0.3 is 0 Å². The first-order valence-electron chi connectivity index (χ1n) is 9.48. The molecule has 11 heteroatoms. The van der Waals surface area contributed by atoms with Gasteiger partial charge in [-0.3, -0.25) is 9.36 Å². The lowest BCUT2D eigenvalue weighted by atomic mass is 10.3. The molecule has 1 atom stereocenters. The van der Waals surface area contributed by atoms with Crippen LogP contribution in [0.25, 0.3) is 16.4 Å². The zero-order valence-corrected chi connectivity index (χ0v) is 19.3. The minimum atomic E-state index is -3.79. The smallest absolute Gasteiger partial charge is 0.238 e. The zero-order valence-electron chi connectivity index (χ0n) is 16.9. The van der Waals surface area contributed by atoms with E-state index in [4.69, 9.17) is 5.14 Å². The maximum absolute atomic E-state index is 12.8. The van der Waals surface area contributed by atoms with Gasteiger partial charge in [-0.05, 0) is 54.8 Å². The fourth-order valence-corrected chi connectivity index (χ4v) is 4.99. The summed E-state index contributed by atoms with van der Waals surface area (Å²) >= 11 is 2.85. The predicted octanol–water partition coefficient (Wildman–Crippen LogP) is 3.76. The fraction of sp³-hybridized carbons (Fsp3) is 0.0952. The molecule has 0 bridgehead atoms. The lowest BCUT2D eigenvalue weighted by Crippen LogP contribution is -2.23. The number of carbonyl (C=O) groups is 1. The summed E-state index contributed by atoms with van der Waals surface area (Å²) in [7, 11) is -3.79. The molecule has 4 rings (SSSR count). The van der Waals surface area contributed by atoms with Crippen LogP contribution in [-0.2, 0) is 14.8 Å². The highest BCUT2D eigenvalue weighted by molar-refractivity contribution is 8.00. The van der Waals surface area contributed by atoms with Crippen molar-refractivity contribution in [2.24, 2.45) is 5.14 Å². The Balaban J connectivity index is 1.55. The maximum Gasteiger partial charge on any atom is 0.238 e. The molecule has 164 valence electrons. The van der Waals surface area contributed by atoms with Gasteiger partial charge in [0.05, 0.1) is 15.0 Å². The Hall–Kier alpha value is -2.99. The quantitative estimate of drug-likeness (QED) is 0.385. The van der Waals surface area contributed by atoms with Gasteiger partial charge in [0.2, 0.25) is 15.9 Å². The highest BCUT2D eigenvalue weighted by Crippen LogP contribution is 2.32. The molecule has 0 fully saturated rings. The number of hydrogen-bond acceptors (Lipinski definition) is 7. The van der Waals surface area contributed by atoms with E-state index in [-0.39, 0.29) is 10.8 Å². The largest absolute Gasteiger partial charge is 0.325 e. The fourth-order valence-electron chi connectivity index (χ4n) is 2.90. The van der Waals surface area contributed by atoms with E-state index in [9.17, 15) is 13.2 Å². The van der Waals surface area contributed by atoms with Crippen LogP contribution in [-0.4, -0.2) is 34.3 Å². The van der Waals surface area contributed by atoms with Gasteiger partial charge in [0.25, 0.3) is 0 Å². The number of amides is 1. The van der Waals surface area contributed by atoms with Gasteiger partial charge in [-0.15, -0.1) is 21.5 Å². The molecule has 4 aromatic rings. The molecular formula is C21H19N5O3S3. The number of thioether (sulfide) groups is 1. The Labute approximate surface area is 193 Å². The van der Waals surface area contributed by atoms with Crippen LogP contribution in [0.4, 0.5) is 5.69 Å². The summed E-state index contributed by atoms with van der Waals surface area (Å²) in [5.41, 5.74) is 1.37. The lowest BCUT2D eigenvalue weighted by Gasteiger charge is -2.14. The summed E-state index contributed by atoms with van der Waals surface area (Å²) in [5, 5.41) is 18.7. The molecule has 32 heavy (non-hydrogen) atoms. The van der Waals surface area contributed by atoms with E-state index in [0.717, 1.165) is 10.6 Å². The number of sulfonamides is 1. The number of nitrogens with zero attached hydrogens (tertiary/aromatic N) is 3. The highest BCUT2D eigenvalue weighted by atomic mass is 32.2. The second kappa shape index (κ2) is 9.25. The monoisotopic (exact) mass is 485 g/mol. The van der Waals surface area contributed by atoms with Crippen LogP contribution >= 0.6 is 23.1 Å². The Morgan fingerprint density at radius 2 is 1.78 bits per heavy atom. The minimum Gasteiger partial charge on any atom is -0.325 e. The van der Waals surface area contributed by atoms with E-state index in [1.807, 2.05) is 52.4 Å². The molecule has 1 amide bonds. The van der Waals surface area contributed by atoms with Gasteiger partial charge in [0.15, 0.2) is 11.0 Å². The van der Waals surface area contributed by atoms with Crippen LogP contribution < -0.4 is 10.5 Å².